The standard InChI is InChI=1S/C16H23NO5/c1-4-20-10-22-12-9-11-5-6-16(12,15(11,2)3)13(18)17-7-8-21-14(17)19/h7-8,11-12H,4-6,9-10H2,1-3H3/t11-,12-,16+/m1/s1. The van der Waals surface area contributed by atoms with Crippen LogP contribution in [0.5, 0.6) is 0 Å². The van der Waals surface area contributed by atoms with Gasteiger partial charge in [-0.3, -0.25) is 4.79 Å². The van der Waals surface area contributed by atoms with E-state index in [-0.39, 0.29) is 24.2 Å². The highest BCUT2D eigenvalue weighted by Gasteiger charge is 2.69. The summed E-state index contributed by atoms with van der Waals surface area (Å²) in [4.78, 5) is 24.9. The minimum atomic E-state index is -0.692. The first-order valence-corrected chi connectivity index (χ1v) is 7.85. The zero-order valence-electron chi connectivity index (χ0n) is 13.3. The predicted molar refractivity (Wildman–Crippen MR) is 78.5 cm³/mol. The van der Waals surface area contributed by atoms with Crippen LogP contribution in [0.15, 0.2) is 21.7 Å². The van der Waals surface area contributed by atoms with E-state index in [0.29, 0.717) is 12.5 Å². The van der Waals surface area contributed by atoms with Gasteiger partial charge >= 0.3 is 5.76 Å². The Morgan fingerprint density at radius 3 is 2.86 bits per heavy atom. The van der Waals surface area contributed by atoms with Crippen molar-refractivity contribution in [2.45, 2.75) is 46.1 Å². The molecule has 2 saturated carbocycles. The van der Waals surface area contributed by atoms with Gasteiger partial charge in [0.2, 0.25) is 5.91 Å². The van der Waals surface area contributed by atoms with Gasteiger partial charge in [0.1, 0.15) is 13.1 Å². The van der Waals surface area contributed by atoms with E-state index in [1.54, 1.807) is 0 Å². The SMILES string of the molecule is CCOCO[C@@H]1C[C@H]2CC[C@]1(C(=O)n1ccoc1=O)C2(C)C. The van der Waals surface area contributed by atoms with Crippen LogP contribution in [0.4, 0.5) is 0 Å². The van der Waals surface area contributed by atoms with Crippen molar-refractivity contribution in [1.82, 2.24) is 4.57 Å². The lowest BCUT2D eigenvalue weighted by Crippen LogP contribution is -2.50. The van der Waals surface area contributed by atoms with Crippen LogP contribution in [0.3, 0.4) is 0 Å². The number of oxazole rings is 1. The summed E-state index contributed by atoms with van der Waals surface area (Å²) >= 11 is 0. The van der Waals surface area contributed by atoms with Crippen LogP contribution in [-0.2, 0) is 9.47 Å². The number of fused-ring (bicyclic) bond motifs is 2. The molecule has 1 aromatic rings. The van der Waals surface area contributed by atoms with Crippen molar-refractivity contribution in [2.75, 3.05) is 13.4 Å². The molecule has 3 rings (SSSR count). The molecule has 1 aromatic heterocycles. The lowest BCUT2D eigenvalue weighted by molar-refractivity contribution is -0.124. The molecule has 6 heteroatoms. The third-order valence-corrected chi connectivity index (χ3v) is 5.84. The molecule has 2 aliphatic rings. The molecular formula is C16H23NO5. The largest absolute Gasteiger partial charge is 0.425 e. The molecule has 0 radical (unpaired) electrons. The average molecular weight is 309 g/mol. The average Bonchev–Trinajstić information content (AvgIpc) is 3.08. The lowest BCUT2D eigenvalue weighted by Gasteiger charge is -2.40. The maximum atomic E-state index is 13.1. The molecule has 0 saturated heterocycles. The van der Waals surface area contributed by atoms with E-state index in [1.165, 1.54) is 12.5 Å². The van der Waals surface area contributed by atoms with Crippen molar-refractivity contribution in [3.63, 3.8) is 0 Å². The second kappa shape index (κ2) is 5.35. The number of aromatic nitrogens is 1. The Morgan fingerprint density at radius 1 is 1.50 bits per heavy atom. The molecular weight excluding hydrogens is 286 g/mol. The summed E-state index contributed by atoms with van der Waals surface area (Å²) in [5, 5.41) is 0. The van der Waals surface area contributed by atoms with Crippen LogP contribution in [0.25, 0.3) is 0 Å². The van der Waals surface area contributed by atoms with E-state index >= 15 is 0 Å². The first kappa shape index (κ1) is 15.5. The van der Waals surface area contributed by atoms with Crippen molar-refractivity contribution in [2.24, 2.45) is 16.7 Å². The molecule has 2 bridgehead atoms. The quantitative estimate of drug-likeness (QED) is 0.616. The molecule has 0 aliphatic heterocycles. The zero-order valence-corrected chi connectivity index (χ0v) is 13.3. The second-order valence-corrected chi connectivity index (χ2v) is 6.77. The molecule has 0 aromatic carbocycles. The summed E-state index contributed by atoms with van der Waals surface area (Å²) in [5.41, 5.74) is -0.903. The van der Waals surface area contributed by atoms with Gasteiger partial charge in [-0.05, 0) is 37.5 Å². The Kier molecular flexibility index (Phi) is 3.77. The van der Waals surface area contributed by atoms with E-state index in [4.69, 9.17) is 13.9 Å². The van der Waals surface area contributed by atoms with Gasteiger partial charge in [-0.1, -0.05) is 13.8 Å². The van der Waals surface area contributed by atoms with E-state index in [1.807, 2.05) is 6.92 Å². The maximum absolute atomic E-state index is 13.1. The number of nitrogens with zero attached hydrogens (tertiary/aromatic N) is 1. The Morgan fingerprint density at radius 2 is 2.27 bits per heavy atom. The second-order valence-electron chi connectivity index (χ2n) is 6.77. The van der Waals surface area contributed by atoms with Crippen molar-refractivity contribution in [3.05, 3.63) is 23.0 Å². The monoisotopic (exact) mass is 309 g/mol. The van der Waals surface area contributed by atoms with Crippen molar-refractivity contribution >= 4 is 5.91 Å². The Balaban J connectivity index is 1.96. The summed E-state index contributed by atoms with van der Waals surface area (Å²) in [6, 6.07) is 0. The first-order chi connectivity index (χ1) is 10.4. The van der Waals surface area contributed by atoms with Gasteiger partial charge in [0.15, 0.2) is 0 Å². The predicted octanol–water partition coefficient (Wildman–Crippen LogP) is 2.29. The highest BCUT2D eigenvalue weighted by Crippen LogP contribution is 2.66. The van der Waals surface area contributed by atoms with Crippen molar-refractivity contribution in [3.8, 4) is 0 Å². The number of rotatable bonds is 5. The van der Waals surface area contributed by atoms with Gasteiger partial charge in [-0.15, -0.1) is 0 Å². The van der Waals surface area contributed by atoms with Gasteiger partial charge in [0, 0.05) is 6.61 Å². The fourth-order valence-corrected chi connectivity index (χ4v) is 4.47. The zero-order chi connectivity index (χ0) is 16.0. The third kappa shape index (κ3) is 1.93. The number of ether oxygens (including phenoxy) is 2. The van der Waals surface area contributed by atoms with E-state index in [0.717, 1.165) is 23.8 Å². The fourth-order valence-electron chi connectivity index (χ4n) is 4.47. The first-order valence-electron chi connectivity index (χ1n) is 7.85. The molecule has 3 atom stereocenters. The summed E-state index contributed by atoms with van der Waals surface area (Å²) in [5.74, 6) is -0.419. The number of carbonyl (C=O) groups is 1. The Labute approximate surface area is 129 Å². The molecule has 2 aliphatic carbocycles. The molecule has 6 nitrogen and oxygen atoms in total. The van der Waals surface area contributed by atoms with Gasteiger partial charge in [-0.25, -0.2) is 9.36 Å². The molecule has 0 N–H and O–H groups in total. The van der Waals surface area contributed by atoms with Gasteiger partial charge < -0.3 is 13.9 Å². The Bertz CT molecular complexity index is 616. The molecule has 0 amide bonds. The molecule has 2 fully saturated rings. The third-order valence-electron chi connectivity index (χ3n) is 5.84. The van der Waals surface area contributed by atoms with E-state index in [9.17, 15) is 9.59 Å². The lowest BCUT2D eigenvalue weighted by atomic mass is 9.67. The number of hydrogen-bond acceptors (Lipinski definition) is 5. The van der Waals surface area contributed by atoms with Crippen LogP contribution in [-0.4, -0.2) is 30.0 Å². The number of carbonyl (C=O) groups excluding carboxylic acids is 1. The molecule has 0 unspecified atom stereocenters. The van der Waals surface area contributed by atoms with Crippen LogP contribution in [0.2, 0.25) is 0 Å². The maximum Gasteiger partial charge on any atom is 0.425 e. The molecule has 22 heavy (non-hydrogen) atoms. The van der Waals surface area contributed by atoms with Crippen LogP contribution >= 0.6 is 0 Å². The van der Waals surface area contributed by atoms with Crippen LogP contribution < -0.4 is 5.76 Å². The smallest absolute Gasteiger partial charge is 0.416 e. The van der Waals surface area contributed by atoms with Crippen molar-refractivity contribution in [1.29, 1.82) is 0 Å². The molecule has 0 spiro atoms. The number of hydrogen-bond donors (Lipinski definition) is 0. The van der Waals surface area contributed by atoms with E-state index in [2.05, 4.69) is 13.8 Å². The minimum Gasteiger partial charge on any atom is -0.416 e. The van der Waals surface area contributed by atoms with Gasteiger partial charge in [-0.2, -0.15) is 0 Å². The highest BCUT2D eigenvalue weighted by atomic mass is 16.7. The highest BCUT2D eigenvalue weighted by molar-refractivity contribution is 5.87. The van der Waals surface area contributed by atoms with Crippen molar-refractivity contribution < 1.29 is 18.7 Å². The van der Waals surface area contributed by atoms with E-state index < -0.39 is 11.2 Å². The normalized spacial score (nSPS) is 32.5. The fraction of sp³-hybridized carbons (Fsp3) is 0.750. The van der Waals surface area contributed by atoms with Crippen LogP contribution in [0.1, 0.15) is 44.8 Å². The van der Waals surface area contributed by atoms with Crippen LogP contribution in [0, 0.1) is 16.7 Å². The topological polar surface area (TPSA) is 70.7 Å². The summed E-state index contributed by atoms with van der Waals surface area (Å²) in [6.45, 7) is 6.87. The van der Waals surface area contributed by atoms with Gasteiger partial charge in [0.25, 0.3) is 0 Å². The summed E-state index contributed by atoms with van der Waals surface area (Å²) in [7, 11) is 0. The minimum absolute atomic E-state index is 0.180. The Hall–Kier alpha value is -1.40. The summed E-state index contributed by atoms with van der Waals surface area (Å²) < 4.78 is 17.0. The summed E-state index contributed by atoms with van der Waals surface area (Å²) in [6.07, 6.45) is 4.99. The molecule has 122 valence electrons. The molecule has 1 heterocycles. The van der Waals surface area contributed by atoms with Gasteiger partial charge in [0.05, 0.1) is 17.7 Å².